The lowest BCUT2D eigenvalue weighted by Crippen LogP contribution is -2.45. The van der Waals surface area contributed by atoms with Crippen LogP contribution in [0, 0.1) is 12.3 Å². The van der Waals surface area contributed by atoms with Crippen LogP contribution in [0.4, 0.5) is 11.6 Å². The van der Waals surface area contributed by atoms with Crippen molar-refractivity contribution in [1.82, 2.24) is 19.1 Å². The summed E-state index contributed by atoms with van der Waals surface area (Å²) in [4.78, 5) is 46.3. The molecule has 4 aromatic rings. The molecule has 0 unspecified atom stereocenters. The van der Waals surface area contributed by atoms with Crippen molar-refractivity contribution in [3.05, 3.63) is 104 Å². The number of carboxylic acids is 1. The fourth-order valence-corrected chi connectivity index (χ4v) is 4.06. The highest BCUT2D eigenvalue weighted by atomic mass is 35.5. The molecule has 11 heteroatoms. The molecule has 1 saturated carbocycles. The Morgan fingerprint density at radius 2 is 1.76 bits per heavy atom. The molecule has 1 aliphatic carbocycles. The van der Waals surface area contributed by atoms with Crippen molar-refractivity contribution in [2.24, 2.45) is 5.41 Å². The summed E-state index contributed by atoms with van der Waals surface area (Å²) in [7, 11) is 0. The number of aromatic nitrogens is 4. The number of hydrogen-bond donors (Lipinski definition) is 2. The van der Waals surface area contributed by atoms with E-state index in [9.17, 15) is 19.5 Å². The number of rotatable bonds is 9. The van der Waals surface area contributed by atoms with Crippen LogP contribution in [0.25, 0.3) is 0 Å². The predicted molar refractivity (Wildman–Crippen MR) is 141 cm³/mol. The molecule has 5 rings (SSSR count). The molecule has 2 N–H and O–H groups in total. The van der Waals surface area contributed by atoms with Gasteiger partial charge in [-0.1, -0.05) is 41.4 Å². The maximum Gasteiger partial charge on any atom is 0.354 e. The lowest BCUT2D eigenvalue weighted by molar-refractivity contribution is -0.144. The Morgan fingerprint density at radius 3 is 2.37 bits per heavy atom. The minimum Gasteiger partial charge on any atom is -0.481 e. The second-order valence-electron chi connectivity index (χ2n) is 9.31. The van der Waals surface area contributed by atoms with Gasteiger partial charge in [0.25, 0.3) is 0 Å². The third-order valence-corrected chi connectivity index (χ3v) is 6.64. The molecule has 10 nitrogen and oxygen atoms in total. The first-order chi connectivity index (χ1) is 18.2. The Kier molecular flexibility index (Phi) is 6.73. The van der Waals surface area contributed by atoms with Crippen molar-refractivity contribution in [2.45, 2.75) is 32.9 Å². The number of ether oxygens (including phenoxy) is 1. The van der Waals surface area contributed by atoms with E-state index in [1.165, 1.54) is 10.8 Å². The number of aliphatic carboxylic acids is 1. The lowest BCUT2D eigenvalue weighted by atomic mass is 10.1. The molecular weight excluding hydrogens is 510 g/mol. The van der Waals surface area contributed by atoms with Crippen molar-refractivity contribution in [3.63, 3.8) is 0 Å². The Morgan fingerprint density at radius 1 is 1.05 bits per heavy atom. The van der Waals surface area contributed by atoms with Gasteiger partial charge in [0, 0.05) is 24.5 Å². The molecule has 2 heterocycles. The maximum absolute atomic E-state index is 13.5. The van der Waals surface area contributed by atoms with Crippen LogP contribution in [0.2, 0.25) is 5.02 Å². The molecule has 1 fully saturated rings. The molecule has 1 aliphatic rings. The van der Waals surface area contributed by atoms with Gasteiger partial charge in [-0.2, -0.15) is 4.98 Å². The largest absolute Gasteiger partial charge is 0.481 e. The minimum atomic E-state index is -1.10. The van der Waals surface area contributed by atoms with Crippen LogP contribution in [0.1, 0.15) is 24.0 Å². The monoisotopic (exact) mass is 533 g/mol. The highest BCUT2D eigenvalue weighted by Gasteiger charge is 2.51. The summed E-state index contributed by atoms with van der Waals surface area (Å²) < 4.78 is 7.96. The molecule has 0 saturated heterocycles. The second-order valence-corrected chi connectivity index (χ2v) is 9.75. The average Bonchev–Trinajstić information content (AvgIpc) is 3.69. The van der Waals surface area contributed by atoms with Crippen LogP contribution in [-0.4, -0.2) is 30.2 Å². The van der Waals surface area contributed by atoms with E-state index in [-0.39, 0.29) is 19.0 Å². The zero-order valence-corrected chi connectivity index (χ0v) is 21.2. The van der Waals surface area contributed by atoms with Crippen molar-refractivity contribution in [3.8, 4) is 11.6 Å². The Bertz CT molecular complexity index is 1590. The number of carboxylic acid groups (broad SMARTS) is 1. The topological polar surface area (TPSA) is 128 Å². The fraction of sp³-hybridized carbons (Fsp3) is 0.222. The zero-order valence-electron chi connectivity index (χ0n) is 20.4. The third-order valence-electron chi connectivity index (χ3n) is 6.41. The highest BCUT2D eigenvalue weighted by Crippen LogP contribution is 2.46. The molecule has 0 radical (unpaired) electrons. The van der Waals surface area contributed by atoms with Crippen LogP contribution >= 0.6 is 11.6 Å². The van der Waals surface area contributed by atoms with Crippen molar-refractivity contribution < 1.29 is 14.6 Å². The molecule has 194 valence electrons. The molecule has 38 heavy (non-hydrogen) atoms. The Labute approximate surface area is 222 Å². The number of carbonyl (C=O) groups is 1. The predicted octanol–water partition coefficient (Wildman–Crippen LogP) is 4.21. The van der Waals surface area contributed by atoms with Crippen LogP contribution in [-0.2, 0) is 17.9 Å². The minimum absolute atomic E-state index is 0.0463. The first-order valence-corrected chi connectivity index (χ1v) is 12.3. The molecule has 0 spiro atoms. The quantitative estimate of drug-likeness (QED) is 0.327. The van der Waals surface area contributed by atoms with Gasteiger partial charge in [0.05, 0.1) is 17.0 Å². The van der Waals surface area contributed by atoms with E-state index in [4.69, 9.17) is 16.3 Å². The molecule has 2 aromatic carbocycles. The van der Waals surface area contributed by atoms with Crippen molar-refractivity contribution >= 4 is 29.2 Å². The number of nitrogens with zero attached hydrogens (tertiary/aromatic N) is 4. The summed E-state index contributed by atoms with van der Waals surface area (Å²) in [6, 6.07) is 17.8. The van der Waals surface area contributed by atoms with Crippen LogP contribution in [0.5, 0.6) is 11.6 Å². The number of aryl methyl sites for hydroxylation is 1. The normalized spacial score (nSPS) is 13.6. The molecule has 2 aromatic heterocycles. The summed E-state index contributed by atoms with van der Waals surface area (Å²) in [5.74, 6) is -0.0754. The van der Waals surface area contributed by atoms with Gasteiger partial charge in [-0.15, -0.1) is 0 Å². The smallest absolute Gasteiger partial charge is 0.354 e. The van der Waals surface area contributed by atoms with Crippen molar-refractivity contribution in [1.29, 1.82) is 0 Å². The Hall–Kier alpha value is -4.44. The van der Waals surface area contributed by atoms with Gasteiger partial charge < -0.3 is 15.2 Å². The third kappa shape index (κ3) is 5.45. The second kappa shape index (κ2) is 10.1. The summed E-state index contributed by atoms with van der Waals surface area (Å²) in [5, 5.41) is 13.1. The summed E-state index contributed by atoms with van der Waals surface area (Å²) in [6.07, 6.45) is 2.30. The van der Waals surface area contributed by atoms with E-state index < -0.39 is 22.8 Å². The van der Waals surface area contributed by atoms with Gasteiger partial charge in [-0.25, -0.2) is 19.1 Å². The summed E-state index contributed by atoms with van der Waals surface area (Å²) in [5.41, 5.74) is -0.0847. The number of anilines is 2. The molecular formula is C27H24ClN5O5. The van der Waals surface area contributed by atoms with Gasteiger partial charge >= 0.3 is 17.3 Å². The number of benzene rings is 2. The van der Waals surface area contributed by atoms with Crippen LogP contribution in [0.3, 0.4) is 0 Å². The van der Waals surface area contributed by atoms with Crippen LogP contribution in [0.15, 0.2) is 76.4 Å². The SMILES string of the molecule is Cc1ccc(Cn2c(Nc3ccc(Oc4ccc(Cl)cn4)cc3)nc(=O)n(CC3(C(=O)O)CC3)c2=O)cc1. The Balaban J connectivity index is 1.45. The average molecular weight is 534 g/mol. The van der Waals surface area contributed by atoms with E-state index in [2.05, 4.69) is 15.3 Å². The molecule has 0 atom stereocenters. The van der Waals surface area contributed by atoms with E-state index >= 15 is 0 Å². The van der Waals surface area contributed by atoms with E-state index in [0.29, 0.717) is 35.2 Å². The van der Waals surface area contributed by atoms with E-state index in [1.807, 2.05) is 31.2 Å². The number of hydrogen-bond acceptors (Lipinski definition) is 7. The van der Waals surface area contributed by atoms with Gasteiger partial charge in [0.15, 0.2) is 0 Å². The maximum atomic E-state index is 13.5. The molecule has 0 aliphatic heterocycles. The van der Waals surface area contributed by atoms with Gasteiger partial charge in [-0.05, 0) is 55.7 Å². The van der Waals surface area contributed by atoms with Crippen LogP contribution < -0.4 is 21.4 Å². The lowest BCUT2D eigenvalue weighted by Gasteiger charge is -2.17. The standard InChI is InChI=1S/C27H24ClN5O5/c1-17-2-4-18(5-3-17)15-32-24(31-25(36)33(26(32)37)16-27(12-13-27)23(34)35)30-20-7-9-21(10-8-20)38-22-11-6-19(28)14-29-22/h2-11,14H,12-13,15-16H2,1H3,(H,34,35)(H,30,31,36). The van der Waals surface area contributed by atoms with Gasteiger partial charge in [0.2, 0.25) is 11.8 Å². The highest BCUT2D eigenvalue weighted by molar-refractivity contribution is 6.30. The van der Waals surface area contributed by atoms with Gasteiger partial charge in [-0.3, -0.25) is 9.36 Å². The number of nitrogens with one attached hydrogen (secondary N) is 1. The first-order valence-electron chi connectivity index (χ1n) is 11.9. The number of pyridine rings is 1. The van der Waals surface area contributed by atoms with Crippen molar-refractivity contribution in [2.75, 3.05) is 5.32 Å². The van der Waals surface area contributed by atoms with E-state index in [0.717, 1.165) is 15.7 Å². The zero-order chi connectivity index (χ0) is 26.9. The van der Waals surface area contributed by atoms with E-state index in [1.54, 1.807) is 36.4 Å². The molecule has 0 amide bonds. The number of halogens is 1. The first kappa shape index (κ1) is 25.2. The summed E-state index contributed by atoms with van der Waals surface area (Å²) >= 11 is 5.86. The summed E-state index contributed by atoms with van der Waals surface area (Å²) in [6.45, 7) is 1.88. The fourth-order valence-electron chi connectivity index (χ4n) is 3.95. The van der Waals surface area contributed by atoms with Gasteiger partial charge in [0.1, 0.15) is 5.75 Å². The molecule has 0 bridgehead atoms.